The number of benzene rings is 2. The van der Waals surface area contributed by atoms with E-state index in [0.29, 0.717) is 22.8 Å². The summed E-state index contributed by atoms with van der Waals surface area (Å²) in [5, 5.41) is 19.3. The number of hydrogen-bond donors (Lipinski definition) is 2. The number of hydrogen-bond acceptors (Lipinski definition) is 9. The molecule has 0 unspecified atom stereocenters. The maximum atomic E-state index is 12.5. The first-order chi connectivity index (χ1) is 19.5. The topological polar surface area (TPSA) is 152 Å². The summed E-state index contributed by atoms with van der Waals surface area (Å²) < 4.78 is 7.00. The Morgan fingerprint density at radius 1 is 1.07 bits per heavy atom. The molecule has 1 aliphatic rings. The largest absolute Gasteiger partial charge is 0.489 e. The van der Waals surface area contributed by atoms with E-state index in [1.165, 1.54) is 10.7 Å². The molecule has 0 saturated carbocycles. The first kappa shape index (κ1) is 26.4. The van der Waals surface area contributed by atoms with Crippen molar-refractivity contribution in [3.8, 4) is 34.5 Å². The molecule has 1 saturated heterocycles. The highest BCUT2D eigenvalue weighted by molar-refractivity contribution is 5.93. The molecule has 0 bridgehead atoms. The summed E-state index contributed by atoms with van der Waals surface area (Å²) in [6.45, 7) is 0.985. The van der Waals surface area contributed by atoms with E-state index in [4.69, 9.17) is 4.74 Å². The average molecular weight is 536 g/mol. The van der Waals surface area contributed by atoms with E-state index in [1.807, 2.05) is 30.3 Å². The van der Waals surface area contributed by atoms with Gasteiger partial charge in [-0.3, -0.25) is 19.7 Å². The van der Waals surface area contributed by atoms with Crippen LogP contribution in [0, 0.1) is 11.3 Å². The van der Waals surface area contributed by atoms with Gasteiger partial charge in [-0.2, -0.15) is 10.4 Å². The fraction of sp³-hybridized carbons (Fsp3) is 0.207. The lowest BCUT2D eigenvalue weighted by molar-refractivity contribution is -0.124. The molecule has 40 heavy (non-hydrogen) atoms. The van der Waals surface area contributed by atoms with Gasteiger partial charge >= 0.3 is 0 Å². The lowest BCUT2D eigenvalue weighted by Gasteiger charge is -2.11. The van der Waals surface area contributed by atoms with Crippen molar-refractivity contribution in [3.05, 3.63) is 94.5 Å². The van der Waals surface area contributed by atoms with E-state index >= 15 is 0 Å². The van der Waals surface area contributed by atoms with Gasteiger partial charge < -0.3 is 10.1 Å². The SMILES string of the molecule is N#Cc1cccc(-c2ccc(=O)n(Cc3cccc(-c4ncc(OCCNC(=O)[C@@H]5CC(=O)CN5)cn4)c3)n2)c1. The van der Waals surface area contributed by atoms with Crippen LogP contribution in [-0.2, 0) is 16.1 Å². The fourth-order valence-electron chi connectivity index (χ4n) is 4.25. The molecule has 5 rings (SSSR count). The van der Waals surface area contributed by atoms with Crippen LogP contribution in [0.1, 0.15) is 17.5 Å². The van der Waals surface area contributed by atoms with Gasteiger partial charge in [-0.25, -0.2) is 14.6 Å². The molecule has 11 nitrogen and oxygen atoms in total. The summed E-state index contributed by atoms with van der Waals surface area (Å²) in [7, 11) is 0. The number of ketones is 1. The summed E-state index contributed by atoms with van der Waals surface area (Å²) in [6, 6.07) is 19.3. The Labute approximate surface area is 229 Å². The van der Waals surface area contributed by atoms with Crippen molar-refractivity contribution in [2.24, 2.45) is 0 Å². The molecule has 1 fully saturated rings. The maximum absolute atomic E-state index is 12.5. The maximum Gasteiger partial charge on any atom is 0.267 e. The van der Waals surface area contributed by atoms with E-state index in [-0.39, 0.29) is 49.9 Å². The first-order valence-corrected chi connectivity index (χ1v) is 12.6. The number of carbonyl (C=O) groups excluding carboxylic acids is 2. The minimum absolute atomic E-state index is 0.0259. The van der Waals surface area contributed by atoms with Crippen LogP contribution in [0.5, 0.6) is 5.75 Å². The van der Waals surface area contributed by atoms with Crippen LogP contribution in [0.4, 0.5) is 0 Å². The molecule has 4 aromatic rings. The molecular formula is C29H25N7O4. The molecule has 2 aromatic carbocycles. The van der Waals surface area contributed by atoms with Gasteiger partial charge in [0.15, 0.2) is 11.6 Å². The fourth-order valence-corrected chi connectivity index (χ4v) is 4.25. The quantitative estimate of drug-likeness (QED) is 0.305. The van der Waals surface area contributed by atoms with Crippen LogP contribution in [-0.4, -0.2) is 57.2 Å². The number of rotatable bonds is 9. The first-order valence-electron chi connectivity index (χ1n) is 12.6. The molecule has 0 radical (unpaired) electrons. The van der Waals surface area contributed by atoms with Crippen LogP contribution in [0.25, 0.3) is 22.6 Å². The standard InChI is InChI=1S/C29H25N7O4/c30-14-19-3-1-5-21(11-19)25-7-8-27(38)36(35-25)18-20-4-2-6-22(12-20)28-33-16-24(17-34-28)40-10-9-31-29(39)26-13-23(37)15-32-26/h1-8,11-12,16-17,26,32H,9-10,13,15,18H2,(H,31,39)/t26-/m0/s1. The molecule has 0 aliphatic carbocycles. The van der Waals surface area contributed by atoms with E-state index < -0.39 is 6.04 Å². The number of nitrogens with zero attached hydrogens (tertiary/aromatic N) is 5. The van der Waals surface area contributed by atoms with Gasteiger partial charge in [-0.1, -0.05) is 30.3 Å². The van der Waals surface area contributed by atoms with E-state index in [2.05, 4.69) is 31.8 Å². The second kappa shape index (κ2) is 12.1. The van der Waals surface area contributed by atoms with Crippen molar-refractivity contribution in [2.45, 2.75) is 19.0 Å². The lowest BCUT2D eigenvalue weighted by atomic mass is 10.1. The van der Waals surface area contributed by atoms with Gasteiger partial charge in [0.25, 0.3) is 5.56 Å². The minimum Gasteiger partial charge on any atom is -0.489 e. The summed E-state index contributed by atoms with van der Waals surface area (Å²) in [4.78, 5) is 44.6. The monoisotopic (exact) mass is 535 g/mol. The van der Waals surface area contributed by atoms with Crippen LogP contribution in [0.3, 0.4) is 0 Å². The van der Waals surface area contributed by atoms with Crippen molar-refractivity contribution in [1.82, 2.24) is 30.4 Å². The smallest absolute Gasteiger partial charge is 0.267 e. The molecule has 3 heterocycles. The van der Waals surface area contributed by atoms with Gasteiger partial charge in [0, 0.05) is 23.6 Å². The Kier molecular flexibility index (Phi) is 7.99. The molecule has 1 aliphatic heterocycles. The second-order valence-electron chi connectivity index (χ2n) is 9.17. The van der Waals surface area contributed by atoms with Crippen molar-refractivity contribution in [1.29, 1.82) is 5.26 Å². The number of nitrogens with one attached hydrogen (secondary N) is 2. The van der Waals surface area contributed by atoms with Crippen LogP contribution in [0.2, 0.25) is 0 Å². The highest BCUT2D eigenvalue weighted by atomic mass is 16.5. The molecule has 200 valence electrons. The Hall–Kier alpha value is -5.21. The van der Waals surface area contributed by atoms with Gasteiger partial charge in [-0.05, 0) is 29.8 Å². The number of aromatic nitrogens is 4. The number of ether oxygens (including phenoxy) is 1. The van der Waals surface area contributed by atoms with E-state index in [1.54, 1.807) is 36.7 Å². The summed E-state index contributed by atoms with van der Waals surface area (Å²) in [5.74, 6) is 0.745. The zero-order chi connectivity index (χ0) is 27.9. The predicted molar refractivity (Wildman–Crippen MR) is 145 cm³/mol. The molecule has 2 aromatic heterocycles. The van der Waals surface area contributed by atoms with Crippen LogP contribution in [0.15, 0.2) is 77.9 Å². The Balaban J connectivity index is 1.20. The zero-order valence-electron chi connectivity index (χ0n) is 21.4. The van der Waals surface area contributed by atoms with Crippen LogP contribution >= 0.6 is 0 Å². The van der Waals surface area contributed by atoms with Gasteiger partial charge in [0.1, 0.15) is 12.4 Å². The second-order valence-corrected chi connectivity index (χ2v) is 9.17. The number of carbonyl (C=O) groups is 2. The summed E-state index contributed by atoms with van der Waals surface area (Å²) >= 11 is 0. The number of amides is 1. The Bertz CT molecular complexity index is 1640. The van der Waals surface area contributed by atoms with E-state index in [9.17, 15) is 19.6 Å². The zero-order valence-corrected chi connectivity index (χ0v) is 21.4. The van der Waals surface area contributed by atoms with Crippen molar-refractivity contribution < 1.29 is 14.3 Å². The van der Waals surface area contributed by atoms with E-state index in [0.717, 1.165) is 16.7 Å². The van der Waals surface area contributed by atoms with Crippen molar-refractivity contribution in [3.63, 3.8) is 0 Å². The van der Waals surface area contributed by atoms with Gasteiger partial charge in [0.2, 0.25) is 5.91 Å². The van der Waals surface area contributed by atoms with Crippen molar-refractivity contribution >= 4 is 11.7 Å². The third kappa shape index (κ3) is 6.43. The molecule has 2 N–H and O–H groups in total. The molecule has 1 atom stereocenters. The minimum atomic E-state index is -0.481. The Morgan fingerprint density at radius 3 is 2.65 bits per heavy atom. The average Bonchev–Trinajstić information content (AvgIpc) is 3.43. The van der Waals surface area contributed by atoms with Crippen molar-refractivity contribution in [2.75, 3.05) is 19.7 Å². The molecule has 1 amide bonds. The third-order valence-corrected chi connectivity index (χ3v) is 6.26. The highest BCUT2D eigenvalue weighted by Gasteiger charge is 2.27. The molecule has 11 heteroatoms. The van der Waals surface area contributed by atoms with Crippen LogP contribution < -0.4 is 20.9 Å². The predicted octanol–water partition coefficient (Wildman–Crippen LogP) is 1.71. The number of Topliss-reactive ketones (excluding diaryl/α,β-unsaturated/α-hetero) is 1. The normalized spacial score (nSPS) is 14.5. The summed E-state index contributed by atoms with van der Waals surface area (Å²) in [5.41, 5.74) is 3.23. The number of nitriles is 1. The molecule has 0 spiro atoms. The Morgan fingerprint density at radius 2 is 1.88 bits per heavy atom. The summed E-state index contributed by atoms with van der Waals surface area (Å²) in [6.07, 6.45) is 3.32. The third-order valence-electron chi connectivity index (χ3n) is 6.26. The lowest BCUT2D eigenvalue weighted by Crippen LogP contribution is -2.41. The molecular weight excluding hydrogens is 510 g/mol. The van der Waals surface area contributed by atoms with Gasteiger partial charge in [0.05, 0.1) is 55.4 Å². The highest BCUT2D eigenvalue weighted by Crippen LogP contribution is 2.20. The van der Waals surface area contributed by atoms with Gasteiger partial charge in [-0.15, -0.1) is 0 Å².